The van der Waals surface area contributed by atoms with Gasteiger partial charge in [0.15, 0.2) is 0 Å². The zero-order valence-corrected chi connectivity index (χ0v) is 3.60. The molecule has 7 heavy (non-hydrogen) atoms. The number of β-amino-alcohol motifs (C(OH)–C–C–N with tert-alkyl or cyclic N) is 1. The molecular weight excluding hydrogens is 90.1 g/mol. The highest BCUT2D eigenvalue weighted by Gasteiger charge is 2.06. The van der Waals surface area contributed by atoms with Crippen molar-refractivity contribution < 1.29 is 14.7 Å². The van der Waals surface area contributed by atoms with Gasteiger partial charge >= 0.3 is 0 Å². The van der Waals surface area contributed by atoms with Gasteiger partial charge in [-0.25, -0.2) is 0 Å². The lowest BCUT2D eigenvalue weighted by atomic mass is 10.1. The van der Waals surface area contributed by atoms with Crippen LogP contribution in [0.5, 0.6) is 0 Å². The fraction of sp³-hybridized carbons (Fsp3) is 1.00. The Morgan fingerprint density at radius 2 is 2.86 bits per heavy atom. The van der Waals surface area contributed by atoms with Crippen LogP contribution < -0.4 is 5.32 Å². The van der Waals surface area contributed by atoms with Gasteiger partial charge in [-0.15, -0.1) is 0 Å². The van der Waals surface area contributed by atoms with E-state index < -0.39 is 31.9 Å². The third-order valence-electron chi connectivity index (χ3n) is 0.587. The molecule has 0 radical (unpaired) electrons. The Morgan fingerprint density at radius 1 is 2.00 bits per heavy atom. The molecule has 0 aliphatic carbocycles. The molecule has 1 aliphatic heterocycles. The Morgan fingerprint density at radius 3 is 3.71 bits per heavy atom. The van der Waals surface area contributed by atoms with Crippen molar-refractivity contribution in [2.45, 2.75) is 18.9 Å². The normalized spacial score (nSPS) is 93.6. The molecule has 0 aromatic heterocycles. The number of nitrogens with one attached hydrogen (secondary N) is 1. The van der Waals surface area contributed by atoms with Gasteiger partial charge in [-0.1, -0.05) is 0 Å². The first-order valence-corrected chi connectivity index (χ1v) is 1.88. The Hall–Kier alpha value is -0.0800. The van der Waals surface area contributed by atoms with E-state index in [2.05, 4.69) is 0 Å². The minimum absolute atomic E-state index is 1.71. The van der Waals surface area contributed by atoms with E-state index in [1.165, 1.54) is 0 Å². The van der Waals surface area contributed by atoms with Crippen molar-refractivity contribution in [2.24, 2.45) is 0 Å². The van der Waals surface area contributed by atoms with Crippen molar-refractivity contribution in [3.8, 4) is 0 Å². The molecule has 2 heteroatoms. The fourth-order valence-corrected chi connectivity index (χ4v) is 0.304. The topological polar surface area (TPSA) is 32.3 Å². The first kappa shape index (κ1) is 1.25. The lowest BCUT2D eigenvalue weighted by Crippen LogP contribution is -2.33. The molecule has 0 spiro atoms. The van der Waals surface area contributed by atoms with E-state index in [0.29, 0.717) is 0 Å². The monoisotopic (exact) mass is 108 g/mol. The summed E-state index contributed by atoms with van der Waals surface area (Å²) in [4.78, 5) is 0. The van der Waals surface area contributed by atoms with Gasteiger partial charge in [0.1, 0.15) is 0 Å². The maximum absolute atomic E-state index is 9.33. The van der Waals surface area contributed by atoms with Crippen LogP contribution >= 0.6 is 0 Å². The van der Waals surface area contributed by atoms with Crippen molar-refractivity contribution in [3.05, 3.63) is 0 Å². The molecule has 1 aliphatic rings. The van der Waals surface area contributed by atoms with Crippen molar-refractivity contribution >= 4 is 0 Å². The zero-order valence-electron chi connectivity index (χ0n) is 10.6. The summed E-state index contributed by atoms with van der Waals surface area (Å²) < 4.78 is 50.5. The fourth-order valence-electron chi connectivity index (χ4n) is 0.304. The molecule has 1 fully saturated rings. The molecule has 0 amide bonds. The summed E-state index contributed by atoms with van der Waals surface area (Å²) in [6.07, 6.45) is -6.41. The minimum atomic E-state index is -2.83. The van der Waals surface area contributed by atoms with Crippen LogP contribution in [0.3, 0.4) is 0 Å². The second-order valence-corrected chi connectivity index (χ2v) is 1.11. The number of rotatable bonds is 0. The Balaban J connectivity index is 3.09. The van der Waals surface area contributed by atoms with Crippen LogP contribution in [0, 0.1) is 0 Å². The highest BCUT2D eigenvalue weighted by molar-refractivity contribution is 4.65. The zero-order chi connectivity index (χ0) is 11.4. The summed E-state index contributed by atoms with van der Waals surface area (Å²) >= 11 is 0. The SMILES string of the molecule is [2H]C1C([2H])C([2H])(O)C([2H])([2H])NC1([2H])[2H]. The number of aliphatic hydroxyl groups is 1. The van der Waals surface area contributed by atoms with Gasteiger partial charge in [-0.3, -0.25) is 0 Å². The van der Waals surface area contributed by atoms with Crippen LogP contribution in [0.15, 0.2) is 0 Å². The van der Waals surface area contributed by atoms with Gasteiger partial charge in [0.2, 0.25) is 0 Å². The van der Waals surface area contributed by atoms with E-state index in [-0.39, 0.29) is 0 Å². The molecule has 1 heterocycles. The van der Waals surface area contributed by atoms with E-state index >= 15 is 0 Å². The number of hydrogen-bond donors (Lipinski definition) is 2. The van der Waals surface area contributed by atoms with Crippen molar-refractivity contribution in [1.29, 1.82) is 0 Å². The van der Waals surface area contributed by atoms with E-state index in [1.807, 2.05) is 0 Å². The van der Waals surface area contributed by atoms with Gasteiger partial charge in [-0.05, 0) is 19.3 Å². The van der Waals surface area contributed by atoms with Gasteiger partial charge in [0.25, 0.3) is 0 Å². The molecular formula is C5H11NO. The van der Waals surface area contributed by atoms with Crippen molar-refractivity contribution in [2.75, 3.05) is 13.0 Å². The van der Waals surface area contributed by atoms with E-state index in [0.717, 1.165) is 0 Å². The third kappa shape index (κ3) is 1.45. The van der Waals surface area contributed by atoms with Gasteiger partial charge < -0.3 is 10.4 Å². The molecule has 1 rings (SSSR count). The van der Waals surface area contributed by atoms with Crippen LogP contribution in [0.2, 0.25) is 0 Å². The number of hydrogen-bond acceptors (Lipinski definition) is 2. The summed E-state index contributed by atoms with van der Waals surface area (Å²) in [5.74, 6) is 0. The molecule has 42 valence electrons. The highest BCUT2D eigenvalue weighted by Crippen LogP contribution is 1.98. The molecule has 0 aromatic rings. The predicted octanol–water partition coefficient (Wildman–Crippen LogP) is -0.269. The predicted molar refractivity (Wildman–Crippen MR) is 28.1 cm³/mol. The van der Waals surface area contributed by atoms with Crippen molar-refractivity contribution in [3.63, 3.8) is 0 Å². The van der Waals surface area contributed by atoms with Crippen LogP contribution in [0.4, 0.5) is 0 Å². The summed E-state index contributed by atoms with van der Waals surface area (Å²) in [7, 11) is 0. The van der Waals surface area contributed by atoms with Crippen LogP contribution in [-0.4, -0.2) is 24.2 Å². The van der Waals surface area contributed by atoms with Crippen LogP contribution in [0.1, 0.15) is 22.4 Å². The molecule has 3 atom stereocenters. The maximum atomic E-state index is 9.33. The lowest BCUT2D eigenvalue weighted by molar-refractivity contribution is 0.142. The summed E-state index contributed by atoms with van der Waals surface area (Å²) in [6.45, 7) is -5.18. The Labute approximate surface area is 53.4 Å². The molecule has 1 saturated heterocycles. The third-order valence-corrected chi connectivity index (χ3v) is 0.587. The Bertz CT molecular complexity index is 242. The van der Waals surface area contributed by atoms with E-state index in [4.69, 9.17) is 9.60 Å². The Kier molecular flexibility index (Phi) is 0.408. The van der Waals surface area contributed by atoms with Gasteiger partial charge in [0.05, 0.1) is 7.45 Å². The average molecular weight is 108 g/mol. The largest absolute Gasteiger partial charge is 0.392 e. The first-order valence-electron chi connectivity index (χ1n) is 5.54. The van der Waals surface area contributed by atoms with Crippen LogP contribution in [0.25, 0.3) is 0 Å². The molecule has 2 N–H and O–H groups in total. The molecule has 2 nitrogen and oxygen atoms in total. The standard InChI is InChI=1S/C5H11NO/c7-5-2-1-3-6-4-5/h5-7H,1-4H2/i1D,2D,3D2,4D2,5D. The quantitative estimate of drug-likeness (QED) is 0.448. The molecule has 0 saturated carbocycles. The summed E-state index contributed by atoms with van der Waals surface area (Å²) in [5, 5.41) is 11.1. The van der Waals surface area contributed by atoms with E-state index in [9.17, 15) is 5.11 Å². The molecule has 0 aromatic carbocycles. The second-order valence-electron chi connectivity index (χ2n) is 1.11. The second kappa shape index (κ2) is 2.28. The van der Waals surface area contributed by atoms with Gasteiger partial charge in [-0.2, -0.15) is 0 Å². The average Bonchev–Trinajstić information content (AvgIpc) is 1.97. The van der Waals surface area contributed by atoms with Crippen LogP contribution in [-0.2, 0) is 0 Å². The molecule has 0 bridgehead atoms. The first-order chi connectivity index (χ1) is 6.02. The smallest absolute Gasteiger partial charge is 0.0665 e. The highest BCUT2D eigenvalue weighted by atomic mass is 16.3. The maximum Gasteiger partial charge on any atom is 0.0665 e. The summed E-state index contributed by atoms with van der Waals surface area (Å²) in [6, 6.07) is 0. The summed E-state index contributed by atoms with van der Waals surface area (Å²) in [5.41, 5.74) is 0. The van der Waals surface area contributed by atoms with Gasteiger partial charge in [0, 0.05) is 14.7 Å². The number of piperidine rings is 1. The van der Waals surface area contributed by atoms with Crippen molar-refractivity contribution in [1.82, 2.24) is 5.32 Å². The minimum Gasteiger partial charge on any atom is -0.392 e. The lowest BCUT2D eigenvalue weighted by Gasteiger charge is -2.16. The molecule has 3 unspecified atom stereocenters. The van der Waals surface area contributed by atoms with E-state index in [1.54, 1.807) is 5.32 Å².